The Morgan fingerprint density at radius 1 is 1.00 bits per heavy atom. The first-order valence-electron chi connectivity index (χ1n) is 13.0. The van der Waals surface area contributed by atoms with Gasteiger partial charge in [-0.2, -0.15) is 0 Å². The number of nitrogens with zero attached hydrogens (tertiary/aromatic N) is 3. The molecule has 1 saturated heterocycles. The van der Waals surface area contributed by atoms with Gasteiger partial charge >= 0.3 is 0 Å². The second-order valence-corrected chi connectivity index (χ2v) is 9.23. The molecule has 2 aliphatic rings. The van der Waals surface area contributed by atoms with E-state index in [1.54, 1.807) is 12.1 Å². The van der Waals surface area contributed by atoms with Gasteiger partial charge in [-0.25, -0.2) is 4.39 Å². The zero-order valence-electron chi connectivity index (χ0n) is 21.5. The molecule has 2 aliphatic heterocycles. The predicted octanol–water partition coefficient (Wildman–Crippen LogP) is 5.97. The summed E-state index contributed by atoms with van der Waals surface area (Å²) in [5, 5.41) is 4.07. The maximum Gasteiger partial charge on any atom is 0.123 e. The van der Waals surface area contributed by atoms with Crippen LogP contribution in [0, 0.1) is 5.82 Å². The van der Waals surface area contributed by atoms with E-state index in [1.807, 2.05) is 27.0 Å². The molecule has 0 radical (unpaired) electrons. The van der Waals surface area contributed by atoms with Gasteiger partial charge in [0.25, 0.3) is 0 Å². The topological polar surface area (TPSA) is 23.4 Å². The molecule has 0 saturated carbocycles. The number of halogens is 1. The minimum Gasteiger partial charge on any atom is -0.388 e. The molecule has 1 fully saturated rings. The van der Waals surface area contributed by atoms with Crippen LogP contribution in [-0.4, -0.2) is 54.1 Å². The van der Waals surface area contributed by atoms with Gasteiger partial charge in [0, 0.05) is 73.2 Å². The minimum atomic E-state index is -0.195. The van der Waals surface area contributed by atoms with Crippen molar-refractivity contribution in [3.05, 3.63) is 83.8 Å². The third kappa shape index (κ3) is 5.15. The van der Waals surface area contributed by atoms with E-state index in [-0.39, 0.29) is 5.82 Å². The van der Waals surface area contributed by atoms with Crippen molar-refractivity contribution in [2.45, 2.75) is 39.7 Å². The maximum absolute atomic E-state index is 14.3. The van der Waals surface area contributed by atoms with Crippen LogP contribution < -0.4 is 5.32 Å². The highest BCUT2D eigenvalue weighted by molar-refractivity contribution is 5.95. The van der Waals surface area contributed by atoms with Crippen LogP contribution in [0.25, 0.3) is 22.3 Å². The lowest BCUT2D eigenvalue weighted by Gasteiger charge is -2.33. The second-order valence-electron chi connectivity index (χ2n) is 9.23. The smallest absolute Gasteiger partial charge is 0.123 e. The number of aromatic nitrogens is 1. The summed E-state index contributed by atoms with van der Waals surface area (Å²) in [5.41, 5.74) is 7.71. The Hall–Kier alpha value is -3.05. The number of rotatable bonds is 7. The Bertz CT molecular complexity index is 1190. The van der Waals surface area contributed by atoms with Gasteiger partial charge in [0.2, 0.25) is 0 Å². The molecule has 1 aromatic heterocycles. The van der Waals surface area contributed by atoms with Crippen molar-refractivity contribution in [1.29, 1.82) is 0 Å². The molecule has 3 heterocycles. The highest BCUT2D eigenvalue weighted by Crippen LogP contribution is 2.37. The number of hydrogen-bond donors (Lipinski definition) is 1. The summed E-state index contributed by atoms with van der Waals surface area (Å²) in [4.78, 5) is 4.94. The van der Waals surface area contributed by atoms with Gasteiger partial charge in [-0.3, -0.25) is 0 Å². The highest BCUT2D eigenvalue weighted by Gasteiger charge is 2.27. The van der Waals surface area contributed by atoms with Gasteiger partial charge in [-0.05, 0) is 55.3 Å². The van der Waals surface area contributed by atoms with E-state index in [0.717, 1.165) is 66.0 Å². The van der Waals surface area contributed by atoms with Crippen LogP contribution in [-0.2, 0) is 13.0 Å². The largest absolute Gasteiger partial charge is 0.388 e. The number of nitrogens with one attached hydrogen (secondary N) is 1. The normalized spacial score (nSPS) is 15.7. The Kier molecular flexibility index (Phi) is 7.97. The first kappa shape index (κ1) is 25.1. The molecule has 0 atom stereocenters. The lowest BCUT2D eigenvalue weighted by atomic mass is 10.0. The van der Waals surface area contributed by atoms with Crippen molar-refractivity contribution in [1.82, 2.24) is 19.7 Å². The quantitative estimate of drug-likeness (QED) is 0.456. The van der Waals surface area contributed by atoms with Gasteiger partial charge in [-0.15, -0.1) is 0 Å². The van der Waals surface area contributed by atoms with Crippen molar-refractivity contribution in [2.24, 2.45) is 0 Å². The molecular formula is C30H39FN4. The molecule has 4 nitrogen and oxygen atoms in total. The summed E-state index contributed by atoms with van der Waals surface area (Å²) in [6.07, 6.45) is 3.56. The standard InChI is InChI=1S/C28H33FN4.C2H6/c1-20(30-3)23-8-6-22(7-9-23)19-33-26-11-10-24(29)18-25(26)28-21(2)32(15-12-27(28)33)17-16-31-13-4-5-14-31;1-2/h6-11,18,30H,1-2,4-5,12-17,19H2,3H3;1-2H3. The fourth-order valence-electron chi connectivity index (χ4n) is 5.33. The van der Waals surface area contributed by atoms with E-state index >= 15 is 0 Å². The van der Waals surface area contributed by atoms with Crippen molar-refractivity contribution in [3.63, 3.8) is 0 Å². The molecule has 1 N–H and O–H groups in total. The van der Waals surface area contributed by atoms with Crippen LogP contribution in [0.3, 0.4) is 0 Å². The van der Waals surface area contributed by atoms with Gasteiger partial charge in [0.05, 0.1) is 0 Å². The van der Waals surface area contributed by atoms with Crippen molar-refractivity contribution in [2.75, 3.05) is 39.8 Å². The number of benzene rings is 2. The van der Waals surface area contributed by atoms with E-state index < -0.39 is 0 Å². The second kappa shape index (κ2) is 11.1. The summed E-state index contributed by atoms with van der Waals surface area (Å²) >= 11 is 0. The van der Waals surface area contributed by atoms with Gasteiger partial charge in [-0.1, -0.05) is 51.3 Å². The number of hydrogen-bond acceptors (Lipinski definition) is 3. The van der Waals surface area contributed by atoms with E-state index in [0.29, 0.717) is 0 Å². The highest BCUT2D eigenvalue weighted by atomic mass is 19.1. The first-order chi connectivity index (χ1) is 17.0. The fraction of sp³-hybridized carbons (Fsp3) is 0.400. The molecule has 0 aliphatic carbocycles. The van der Waals surface area contributed by atoms with Crippen LogP contribution in [0.15, 0.2) is 55.6 Å². The van der Waals surface area contributed by atoms with E-state index in [4.69, 9.17) is 0 Å². The lowest BCUT2D eigenvalue weighted by molar-refractivity contribution is 0.281. The summed E-state index contributed by atoms with van der Waals surface area (Å²) in [6.45, 7) is 18.7. The van der Waals surface area contributed by atoms with E-state index in [2.05, 4.69) is 57.1 Å². The van der Waals surface area contributed by atoms with Crippen LogP contribution in [0.1, 0.15) is 49.1 Å². The maximum atomic E-state index is 14.3. The molecule has 0 unspecified atom stereocenters. The summed E-state index contributed by atoms with van der Waals surface area (Å²) < 4.78 is 16.7. The zero-order chi connectivity index (χ0) is 24.9. The van der Waals surface area contributed by atoms with Crippen LogP contribution in [0.4, 0.5) is 4.39 Å². The number of likely N-dealkylation sites (tertiary alicyclic amines) is 1. The fourth-order valence-corrected chi connectivity index (χ4v) is 5.33. The zero-order valence-corrected chi connectivity index (χ0v) is 21.5. The molecule has 186 valence electrons. The third-order valence-electron chi connectivity index (χ3n) is 7.25. The average Bonchev–Trinajstić information content (AvgIpc) is 3.51. The van der Waals surface area contributed by atoms with Gasteiger partial charge < -0.3 is 19.7 Å². The first-order valence-corrected chi connectivity index (χ1v) is 13.0. The molecule has 0 spiro atoms. The SMILES string of the molecule is C=C(NC)c1ccc(Cn2c3c(c4cc(F)ccc42)C(=C)N(CCN2CCCC2)CC3)cc1.CC. The molecule has 0 bridgehead atoms. The van der Waals surface area contributed by atoms with Gasteiger partial charge in [0.15, 0.2) is 0 Å². The van der Waals surface area contributed by atoms with Crippen LogP contribution in [0.2, 0.25) is 0 Å². The summed E-state index contributed by atoms with van der Waals surface area (Å²) in [7, 11) is 1.88. The Morgan fingerprint density at radius 2 is 1.71 bits per heavy atom. The predicted molar refractivity (Wildman–Crippen MR) is 147 cm³/mol. The molecular weight excluding hydrogens is 435 g/mol. The minimum absolute atomic E-state index is 0.195. The molecule has 5 heteroatoms. The van der Waals surface area contributed by atoms with Crippen molar-refractivity contribution >= 4 is 22.3 Å². The Labute approximate surface area is 209 Å². The molecule has 3 aromatic rings. The van der Waals surface area contributed by atoms with E-state index in [9.17, 15) is 4.39 Å². The molecule has 35 heavy (non-hydrogen) atoms. The average molecular weight is 475 g/mol. The van der Waals surface area contributed by atoms with Gasteiger partial charge in [0.1, 0.15) is 5.82 Å². The lowest BCUT2D eigenvalue weighted by Crippen LogP contribution is -2.36. The molecule has 0 amide bonds. The van der Waals surface area contributed by atoms with Crippen molar-refractivity contribution < 1.29 is 4.39 Å². The van der Waals surface area contributed by atoms with Crippen LogP contribution in [0.5, 0.6) is 0 Å². The monoisotopic (exact) mass is 474 g/mol. The number of fused-ring (bicyclic) bond motifs is 3. The molecule has 5 rings (SSSR count). The third-order valence-corrected chi connectivity index (χ3v) is 7.25. The molecule has 2 aromatic carbocycles. The Morgan fingerprint density at radius 3 is 2.40 bits per heavy atom. The van der Waals surface area contributed by atoms with Crippen LogP contribution >= 0.6 is 0 Å². The van der Waals surface area contributed by atoms with Crippen molar-refractivity contribution in [3.8, 4) is 0 Å². The Balaban J connectivity index is 0.00000141. The summed E-state index contributed by atoms with van der Waals surface area (Å²) in [5.74, 6) is -0.195. The van der Waals surface area contributed by atoms with E-state index in [1.165, 1.54) is 37.2 Å². The summed E-state index contributed by atoms with van der Waals surface area (Å²) in [6, 6.07) is 13.7.